The SMILES string of the molecule is CCC(=O)N1CCC(CCCN(C)C)(c2cccnc2)CC1. The fourth-order valence-corrected chi connectivity index (χ4v) is 3.50. The average molecular weight is 303 g/mol. The minimum absolute atomic E-state index is 0.189. The van der Waals surface area contributed by atoms with Gasteiger partial charge in [-0.15, -0.1) is 0 Å². The number of pyridine rings is 1. The number of piperidine rings is 1. The van der Waals surface area contributed by atoms with Gasteiger partial charge < -0.3 is 9.80 Å². The number of amides is 1. The third kappa shape index (κ3) is 4.07. The second kappa shape index (κ2) is 7.73. The predicted octanol–water partition coefficient (Wildman–Crippen LogP) is 2.69. The monoisotopic (exact) mass is 303 g/mol. The molecule has 0 radical (unpaired) electrons. The van der Waals surface area contributed by atoms with Crippen LogP contribution in [0.15, 0.2) is 24.5 Å². The van der Waals surface area contributed by atoms with Crippen LogP contribution in [0.4, 0.5) is 0 Å². The summed E-state index contributed by atoms with van der Waals surface area (Å²) in [4.78, 5) is 20.5. The van der Waals surface area contributed by atoms with Crippen molar-refractivity contribution in [3.05, 3.63) is 30.1 Å². The van der Waals surface area contributed by atoms with Crippen molar-refractivity contribution in [1.82, 2.24) is 14.8 Å². The fraction of sp³-hybridized carbons (Fsp3) is 0.667. The molecule has 1 saturated heterocycles. The van der Waals surface area contributed by atoms with Crippen LogP contribution in [0, 0.1) is 0 Å². The second-order valence-electron chi connectivity index (χ2n) is 6.66. The Bertz CT molecular complexity index is 464. The van der Waals surface area contributed by atoms with E-state index in [0.29, 0.717) is 6.42 Å². The Balaban J connectivity index is 2.09. The smallest absolute Gasteiger partial charge is 0.222 e. The quantitative estimate of drug-likeness (QED) is 0.811. The molecule has 0 saturated carbocycles. The Labute approximate surface area is 134 Å². The van der Waals surface area contributed by atoms with Crippen molar-refractivity contribution >= 4 is 5.91 Å². The Kier molecular flexibility index (Phi) is 5.95. The topological polar surface area (TPSA) is 36.4 Å². The largest absolute Gasteiger partial charge is 0.343 e. The molecular weight excluding hydrogens is 274 g/mol. The summed E-state index contributed by atoms with van der Waals surface area (Å²) in [6, 6.07) is 4.24. The van der Waals surface area contributed by atoms with Crippen LogP contribution in [0.2, 0.25) is 0 Å². The van der Waals surface area contributed by atoms with E-state index in [1.165, 1.54) is 18.4 Å². The van der Waals surface area contributed by atoms with Crippen LogP contribution in [0.3, 0.4) is 0 Å². The lowest BCUT2D eigenvalue weighted by Crippen LogP contribution is -2.45. The Hall–Kier alpha value is -1.42. The highest BCUT2D eigenvalue weighted by Gasteiger charge is 2.36. The van der Waals surface area contributed by atoms with Crippen molar-refractivity contribution in [1.29, 1.82) is 0 Å². The first kappa shape index (κ1) is 16.9. The highest BCUT2D eigenvalue weighted by atomic mass is 16.2. The molecule has 1 aliphatic heterocycles. The van der Waals surface area contributed by atoms with Gasteiger partial charge in [-0.05, 0) is 58.0 Å². The van der Waals surface area contributed by atoms with Crippen LogP contribution in [-0.2, 0) is 10.2 Å². The standard InChI is InChI=1S/C18H29N3O/c1-4-17(22)21-13-9-18(10-14-21,8-6-12-20(2)3)16-7-5-11-19-15-16/h5,7,11,15H,4,6,8-10,12-14H2,1-3H3. The zero-order valence-corrected chi connectivity index (χ0v) is 14.2. The van der Waals surface area contributed by atoms with Crippen LogP contribution in [-0.4, -0.2) is 54.4 Å². The molecule has 1 aromatic heterocycles. The van der Waals surface area contributed by atoms with Crippen molar-refractivity contribution < 1.29 is 4.79 Å². The molecule has 0 aliphatic carbocycles. The fourth-order valence-electron chi connectivity index (χ4n) is 3.50. The molecule has 2 heterocycles. The zero-order chi connectivity index (χ0) is 16.0. The minimum atomic E-state index is 0.189. The normalized spacial score (nSPS) is 17.7. The van der Waals surface area contributed by atoms with E-state index in [4.69, 9.17) is 0 Å². The van der Waals surface area contributed by atoms with E-state index in [2.05, 4.69) is 30.0 Å². The lowest BCUT2D eigenvalue weighted by molar-refractivity contribution is -0.132. The van der Waals surface area contributed by atoms with E-state index in [1.54, 1.807) is 0 Å². The molecule has 0 unspecified atom stereocenters. The second-order valence-corrected chi connectivity index (χ2v) is 6.66. The number of rotatable bonds is 6. The van der Waals surface area contributed by atoms with Gasteiger partial charge in [0.15, 0.2) is 0 Å². The van der Waals surface area contributed by atoms with Crippen LogP contribution in [0.25, 0.3) is 0 Å². The number of aromatic nitrogens is 1. The summed E-state index contributed by atoms with van der Waals surface area (Å²) in [6.45, 7) is 4.81. The number of carbonyl (C=O) groups is 1. The lowest BCUT2D eigenvalue weighted by Gasteiger charge is -2.42. The predicted molar refractivity (Wildman–Crippen MR) is 89.8 cm³/mol. The van der Waals surface area contributed by atoms with Crippen LogP contribution in [0.5, 0.6) is 0 Å². The molecule has 0 aromatic carbocycles. The molecule has 0 atom stereocenters. The van der Waals surface area contributed by atoms with Crippen molar-refractivity contribution in [3.8, 4) is 0 Å². The molecule has 1 fully saturated rings. The number of nitrogens with zero attached hydrogens (tertiary/aromatic N) is 3. The Morgan fingerprint density at radius 3 is 2.64 bits per heavy atom. The van der Waals surface area contributed by atoms with Gasteiger partial charge in [0.1, 0.15) is 0 Å². The van der Waals surface area contributed by atoms with Crippen molar-refractivity contribution in [3.63, 3.8) is 0 Å². The lowest BCUT2D eigenvalue weighted by atomic mass is 9.70. The van der Waals surface area contributed by atoms with E-state index in [0.717, 1.165) is 32.5 Å². The molecule has 22 heavy (non-hydrogen) atoms. The molecular formula is C18H29N3O. The molecule has 2 rings (SSSR count). The average Bonchev–Trinajstić information content (AvgIpc) is 2.55. The van der Waals surface area contributed by atoms with Crippen LogP contribution >= 0.6 is 0 Å². The van der Waals surface area contributed by atoms with Gasteiger partial charge in [0.25, 0.3) is 0 Å². The maximum absolute atomic E-state index is 11.9. The summed E-state index contributed by atoms with van der Waals surface area (Å²) in [7, 11) is 4.25. The van der Waals surface area contributed by atoms with Crippen LogP contribution < -0.4 is 0 Å². The highest BCUT2D eigenvalue weighted by Crippen LogP contribution is 2.39. The van der Waals surface area contributed by atoms with E-state index >= 15 is 0 Å². The first-order valence-electron chi connectivity index (χ1n) is 8.40. The first-order valence-corrected chi connectivity index (χ1v) is 8.40. The number of hydrogen-bond acceptors (Lipinski definition) is 3. The third-order valence-electron chi connectivity index (χ3n) is 4.91. The third-order valence-corrected chi connectivity index (χ3v) is 4.91. The Morgan fingerprint density at radius 1 is 1.36 bits per heavy atom. The summed E-state index contributed by atoms with van der Waals surface area (Å²) in [5.41, 5.74) is 1.53. The van der Waals surface area contributed by atoms with E-state index < -0.39 is 0 Å². The van der Waals surface area contributed by atoms with E-state index in [9.17, 15) is 4.79 Å². The summed E-state index contributed by atoms with van der Waals surface area (Å²) in [6.07, 6.45) is 8.94. The van der Waals surface area contributed by atoms with Gasteiger partial charge in [-0.3, -0.25) is 9.78 Å². The van der Waals surface area contributed by atoms with Gasteiger partial charge in [-0.2, -0.15) is 0 Å². The van der Waals surface area contributed by atoms with Gasteiger partial charge in [-0.25, -0.2) is 0 Å². The molecule has 0 spiro atoms. The minimum Gasteiger partial charge on any atom is -0.343 e. The van der Waals surface area contributed by atoms with Crippen molar-refractivity contribution in [2.45, 2.75) is 44.4 Å². The maximum atomic E-state index is 11.9. The summed E-state index contributed by atoms with van der Waals surface area (Å²) in [5.74, 6) is 0.285. The summed E-state index contributed by atoms with van der Waals surface area (Å²) in [5, 5.41) is 0. The van der Waals surface area contributed by atoms with E-state index in [-0.39, 0.29) is 11.3 Å². The van der Waals surface area contributed by atoms with Gasteiger partial charge in [-0.1, -0.05) is 13.0 Å². The highest BCUT2D eigenvalue weighted by molar-refractivity contribution is 5.75. The van der Waals surface area contributed by atoms with Crippen molar-refractivity contribution in [2.24, 2.45) is 0 Å². The summed E-state index contributed by atoms with van der Waals surface area (Å²) >= 11 is 0. The van der Waals surface area contributed by atoms with Gasteiger partial charge in [0.05, 0.1) is 0 Å². The molecule has 0 bridgehead atoms. The summed E-state index contributed by atoms with van der Waals surface area (Å²) < 4.78 is 0. The molecule has 1 amide bonds. The van der Waals surface area contributed by atoms with Crippen LogP contribution in [0.1, 0.15) is 44.6 Å². The molecule has 1 aromatic rings. The number of carbonyl (C=O) groups excluding carboxylic acids is 1. The molecule has 1 aliphatic rings. The molecule has 4 heteroatoms. The molecule has 4 nitrogen and oxygen atoms in total. The van der Waals surface area contributed by atoms with Gasteiger partial charge >= 0.3 is 0 Å². The van der Waals surface area contributed by atoms with Crippen molar-refractivity contribution in [2.75, 3.05) is 33.7 Å². The van der Waals surface area contributed by atoms with Gasteiger partial charge in [0.2, 0.25) is 5.91 Å². The zero-order valence-electron chi connectivity index (χ0n) is 14.2. The molecule has 122 valence electrons. The Morgan fingerprint density at radius 2 is 2.09 bits per heavy atom. The maximum Gasteiger partial charge on any atom is 0.222 e. The van der Waals surface area contributed by atoms with E-state index in [1.807, 2.05) is 30.3 Å². The number of hydrogen-bond donors (Lipinski definition) is 0. The molecule has 0 N–H and O–H groups in total. The first-order chi connectivity index (χ1) is 10.6. The van der Waals surface area contributed by atoms with Gasteiger partial charge in [0, 0.05) is 37.3 Å². The number of likely N-dealkylation sites (tertiary alicyclic amines) is 1.